The third-order valence-corrected chi connectivity index (χ3v) is 3.02. The molecule has 0 aromatic heterocycles. The molecule has 0 saturated heterocycles. The summed E-state index contributed by atoms with van der Waals surface area (Å²) >= 11 is 0. The van der Waals surface area contributed by atoms with E-state index in [0.29, 0.717) is 12.8 Å². The first kappa shape index (κ1) is 11.1. The second-order valence-corrected chi connectivity index (χ2v) is 4.24. The molecule has 0 spiro atoms. The van der Waals surface area contributed by atoms with E-state index in [1.165, 1.54) is 0 Å². The predicted molar refractivity (Wildman–Crippen MR) is 63.3 cm³/mol. The van der Waals surface area contributed by atoms with Gasteiger partial charge in [-0.25, -0.2) is 0 Å². The molecule has 1 unspecified atom stereocenters. The zero-order chi connectivity index (χ0) is 11.5. The number of amides is 1. The minimum absolute atomic E-state index is 0.0857. The molecule has 1 aliphatic heterocycles. The fourth-order valence-corrected chi connectivity index (χ4v) is 2.04. The van der Waals surface area contributed by atoms with E-state index in [9.17, 15) is 9.90 Å². The van der Waals surface area contributed by atoms with Gasteiger partial charge in [-0.1, -0.05) is 19.1 Å². The summed E-state index contributed by atoms with van der Waals surface area (Å²) in [6.45, 7) is 1.96. The summed E-state index contributed by atoms with van der Waals surface area (Å²) in [6.07, 6.45) is 2.68. The summed E-state index contributed by atoms with van der Waals surface area (Å²) in [7, 11) is 0. The highest BCUT2D eigenvalue weighted by Gasteiger charge is 2.14. The molecule has 0 fully saturated rings. The first-order chi connectivity index (χ1) is 7.70. The van der Waals surface area contributed by atoms with E-state index in [0.717, 1.165) is 29.7 Å². The molecule has 2 N–H and O–H groups in total. The van der Waals surface area contributed by atoms with Crippen molar-refractivity contribution in [2.75, 3.05) is 5.32 Å². The Kier molecular flexibility index (Phi) is 3.25. The van der Waals surface area contributed by atoms with Crippen molar-refractivity contribution in [2.24, 2.45) is 0 Å². The highest BCUT2D eigenvalue weighted by molar-refractivity contribution is 5.92. The van der Waals surface area contributed by atoms with Crippen LogP contribution in [0.3, 0.4) is 0 Å². The Balaban J connectivity index is 2.31. The normalized spacial score (nSPS) is 17.2. The molecule has 0 bridgehead atoms. The molecule has 1 heterocycles. The second-order valence-electron chi connectivity index (χ2n) is 4.24. The van der Waals surface area contributed by atoms with Gasteiger partial charge in [0.15, 0.2) is 0 Å². The van der Waals surface area contributed by atoms with Crippen LogP contribution in [0.5, 0.6) is 0 Å². The van der Waals surface area contributed by atoms with Gasteiger partial charge in [-0.15, -0.1) is 0 Å². The van der Waals surface area contributed by atoms with Crippen LogP contribution >= 0.6 is 0 Å². The van der Waals surface area contributed by atoms with Gasteiger partial charge in [0.25, 0.3) is 0 Å². The molecule has 0 aliphatic carbocycles. The number of aryl methyl sites for hydroxylation is 1. The highest BCUT2D eigenvalue weighted by atomic mass is 16.3. The van der Waals surface area contributed by atoms with Crippen molar-refractivity contribution in [3.05, 3.63) is 29.3 Å². The topological polar surface area (TPSA) is 49.3 Å². The van der Waals surface area contributed by atoms with E-state index in [2.05, 4.69) is 5.32 Å². The Morgan fingerprint density at radius 1 is 1.44 bits per heavy atom. The summed E-state index contributed by atoms with van der Waals surface area (Å²) in [6, 6.07) is 5.79. The molecule has 1 aromatic rings. The van der Waals surface area contributed by atoms with E-state index < -0.39 is 6.10 Å². The summed E-state index contributed by atoms with van der Waals surface area (Å²) in [5, 5.41) is 12.7. The monoisotopic (exact) mass is 219 g/mol. The third-order valence-electron chi connectivity index (χ3n) is 3.02. The van der Waals surface area contributed by atoms with Crippen LogP contribution in [0.25, 0.3) is 0 Å². The Morgan fingerprint density at radius 3 is 3.00 bits per heavy atom. The molecule has 0 saturated carbocycles. The summed E-state index contributed by atoms with van der Waals surface area (Å²) in [5.74, 6) is 0.0857. The Bertz CT molecular complexity index is 401. The lowest BCUT2D eigenvalue weighted by atomic mass is 10.0. The van der Waals surface area contributed by atoms with Gasteiger partial charge in [-0.2, -0.15) is 0 Å². The van der Waals surface area contributed by atoms with Gasteiger partial charge in [0.2, 0.25) is 5.91 Å². The average Bonchev–Trinajstić information content (AvgIpc) is 2.47. The van der Waals surface area contributed by atoms with Crippen LogP contribution in [-0.4, -0.2) is 11.0 Å². The zero-order valence-corrected chi connectivity index (χ0v) is 9.49. The molecule has 3 nitrogen and oxygen atoms in total. The van der Waals surface area contributed by atoms with E-state index in [1.54, 1.807) is 0 Å². The number of hydrogen-bond donors (Lipinski definition) is 2. The predicted octanol–water partition coefficient (Wildman–Crippen LogP) is 2.40. The molecule has 1 aromatic carbocycles. The maximum atomic E-state index is 11.4. The van der Waals surface area contributed by atoms with Crippen molar-refractivity contribution < 1.29 is 9.90 Å². The van der Waals surface area contributed by atoms with Crippen LogP contribution in [0.15, 0.2) is 18.2 Å². The van der Waals surface area contributed by atoms with Gasteiger partial charge in [-0.3, -0.25) is 4.79 Å². The van der Waals surface area contributed by atoms with Gasteiger partial charge in [-0.05, 0) is 36.5 Å². The number of nitrogens with one attached hydrogen (secondary N) is 1. The number of fused-ring (bicyclic) bond motifs is 1. The van der Waals surface area contributed by atoms with Crippen molar-refractivity contribution in [1.82, 2.24) is 0 Å². The summed E-state index contributed by atoms with van der Waals surface area (Å²) in [4.78, 5) is 11.4. The number of carbonyl (C=O) groups is 1. The number of rotatable bonds is 2. The zero-order valence-electron chi connectivity index (χ0n) is 9.49. The van der Waals surface area contributed by atoms with Gasteiger partial charge in [0, 0.05) is 12.1 Å². The van der Waals surface area contributed by atoms with E-state index in [-0.39, 0.29) is 5.91 Å². The van der Waals surface area contributed by atoms with Crippen LogP contribution in [0.4, 0.5) is 5.69 Å². The number of aliphatic hydroxyl groups is 1. The maximum absolute atomic E-state index is 11.4. The molecule has 1 amide bonds. The lowest BCUT2D eigenvalue weighted by Gasteiger charge is -2.12. The standard InChI is InChI=1S/C13H17NO2/c1-2-12(15)10-6-7-11-9(8-10)4-3-5-13(16)14-11/h6-8,12,15H,2-5H2,1H3,(H,14,16). The van der Waals surface area contributed by atoms with Crippen molar-refractivity contribution >= 4 is 11.6 Å². The largest absolute Gasteiger partial charge is 0.388 e. The van der Waals surface area contributed by atoms with E-state index >= 15 is 0 Å². The molecule has 86 valence electrons. The maximum Gasteiger partial charge on any atom is 0.224 e. The lowest BCUT2D eigenvalue weighted by molar-refractivity contribution is -0.116. The first-order valence-corrected chi connectivity index (χ1v) is 5.81. The third kappa shape index (κ3) is 2.25. The second kappa shape index (κ2) is 4.66. The molecule has 16 heavy (non-hydrogen) atoms. The van der Waals surface area contributed by atoms with Crippen LogP contribution in [0.1, 0.15) is 43.4 Å². The van der Waals surface area contributed by atoms with Gasteiger partial charge in [0.05, 0.1) is 6.10 Å². The van der Waals surface area contributed by atoms with Crippen LogP contribution in [0.2, 0.25) is 0 Å². The van der Waals surface area contributed by atoms with Crippen LogP contribution in [-0.2, 0) is 11.2 Å². The minimum Gasteiger partial charge on any atom is -0.388 e. The quantitative estimate of drug-likeness (QED) is 0.802. The molecular formula is C13H17NO2. The molecule has 3 heteroatoms. The number of benzene rings is 1. The Morgan fingerprint density at radius 2 is 2.25 bits per heavy atom. The highest BCUT2D eigenvalue weighted by Crippen LogP contribution is 2.26. The first-order valence-electron chi connectivity index (χ1n) is 5.81. The molecule has 2 rings (SSSR count). The van der Waals surface area contributed by atoms with Crippen molar-refractivity contribution in [3.8, 4) is 0 Å². The average molecular weight is 219 g/mol. The number of anilines is 1. The molecular weight excluding hydrogens is 202 g/mol. The van der Waals surface area contributed by atoms with Crippen LogP contribution < -0.4 is 5.32 Å². The fourth-order valence-electron chi connectivity index (χ4n) is 2.04. The van der Waals surface area contributed by atoms with Crippen molar-refractivity contribution in [1.29, 1.82) is 0 Å². The van der Waals surface area contributed by atoms with Crippen molar-refractivity contribution in [3.63, 3.8) is 0 Å². The van der Waals surface area contributed by atoms with Crippen molar-refractivity contribution in [2.45, 2.75) is 38.7 Å². The SMILES string of the molecule is CCC(O)c1ccc2c(c1)CCCC(=O)N2. The molecule has 1 aliphatic rings. The van der Waals surface area contributed by atoms with Gasteiger partial charge >= 0.3 is 0 Å². The van der Waals surface area contributed by atoms with E-state index in [1.807, 2.05) is 25.1 Å². The Labute approximate surface area is 95.5 Å². The summed E-state index contributed by atoms with van der Waals surface area (Å²) < 4.78 is 0. The van der Waals surface area contributed by atoms with Gasteiger partial charge < -0.3 is 10.4 Å². The van der Waals surface area contributed by atoms with E-state index in [4.69, 9.17) is 0 Å². The Hall–Kier alpha value is -1.35. The van der Waals surface area contributed by atoms with Crippen LogP contribution in [0, 0.1) is 0 Å². The smallest absolute Gasteiger partial charge is 0.224 e. The molecule has 0 radical (unpaired) electrons. The number of carbonyl (C=O) groups excluding carboxylic acids is 1. The minimum atomic E-state index is -0.399. The summed E-state index contributed by atoms with van der Waals surface area (Å²) in [5.41, 5.74) is 2.97. The molecule has 1 atom stereocenters. The van der Waals surface area contributed by atoms with Gasteiger partial charge in [0.1, 0.15) is 0 Å². The number of aliphatic hydroxyl groups excluding tert-OH is 1. The number of hydrogen-bond acceptors (Lipinski definition) is 2. The lowest BCUT2D eigenvalue weighted by Crippen LogP contribution is -2.09. The fraction of sp³-hybridized carbons (Fsp3) is 0.462.